The molecule has 32 heavy (non-hydrogen) atoms. The summed E-state index contributed by atoms with van der Waals surface area (Å²) in [6, 6.07) is 15.9. The molecule has 0 bridgehead atoms. The molecule has 0 unspecified atom stereocenters. The molecule has 168 valence electrons. The number of halogens is 1. The summed E-state index contributed by atoms with van der Waals surface area (Å²) in [6.45, 7) is 1.65. The SMILES string of the molecule is COc1ccc(OC)c(S(=O)(=O)N2CCN(c3ccc(-c4ccc(Cl)cc4)nn3)CC2)c1. The fourth-order valence-corrected chi connectivity index (χ4v) is 5.27. The lowest BCUT2D eigenvalue weighted by Crippen LogP contribution is -2.49. The van der Waals surface area contributed by atoms with E-state index in [-0.39, 0.29) is 10.6 Å². The summed E-state index contributed by atoms with van der Waals surface area (Å²) >= 11 is 5.94. The summed E-state index contributed by atoms with van der Waals surface area (Å²) in [5.74, 6) is 1.45. The van der Waals surface area contributed by atoms with Crippen LogP contribution in [0.5, 0.6) is 11.5 Å². The molecule has 8 nitrogen and oxygen atoms in total. The Balaban J connectivity index is 1.46. The van der Waals surface area contributed by atoms with Gasteiger partial charge in [0.1, 0.15) is 16.4 Å². The normalized spacial score (nSPS) is 14.9. The van der Waals surface area contributed by atoms with Gasteiger partial charge in [-0.05, 0) is 36.4 Å². The Labute approximate surface area is 192 Å². The first-order chi connectivity index (χ1) is 15.4. The van der Waals surface area contributed by atoms with Gasteiger partial charge in [0.15, 0.2) is 5.82 Å². The molecule has 1 aliphatic rings. The van der Waals surface area contributed by atoms with Gasteiger partial charge in [-0.25, -0.2) is 8.42 Å². The summed E-state index contributed by atoms with van der Waals surface area (Å²) < 4.78 is 38.4. The second kappa shape index (κ2) is 9.32. The highest BCUT2D eigenvalue weighted by molar-refractivity contribution is 7.89. The molecule has 10 heteroatoms. The first-order valence-corrected chi connectivity index (χ1v) is 11.8. The van der Waals surface area contributed by atoms with Gasteiger partial charge in [-0.1, -0.05) is 23.7 Å². The Kier molecular flexibility index (Phi) is 6.50. The summed E-state index contributed by atoms with van der Waals surface area (Å²) in [4.78, 5) is 2.12. The number of ether oxygens (including phenoxy) is 2. The van der Waals surface area contributed by atoms with E-state index in [1.54, 1.807) is 12.1 Å². The number of nitrogens with zero attached hydrogens (tertiary/aromatic N) is 4. The average Bonchev–Trinajstić information content (AvgIpc) is 2.84. The van der Waals surface area contributed by atoms with E-state index in [9.17, 15) is 8.42 Å². The van der Waals surface area contributed by atoms with E-state index in [0.717, 1.165) is 11.3 Å². The summed E-state index contributed by atoms with van der Waals surface area (Å²) in [7, 11) is -0.789. The molecule has 1 aromatic heterocycles. The molecule has 0 spiro atoms. The molecule has 0 atom stereocenters. The highest BCUT2D eigenvalue weighted by Gasteiger charge is 2.31. The van der Waals surface area contributed by atoms with Crippen molar-refractivity contribution in [1.29, 1.82) is 0 Å². The van der Waals surface area contributed by atoms with Gasteiger partial charge >= 0.3 is 0 Å². The number of sulfonamides is 1. The number of methoxy groups -OCH3 is 2. The standard InChI is InChI=1S/C22H23ClN4O4S/c1-30-18-7-9-20(31-2)21(15-18)32(28,29)27-13-11-26(12-14-27)22-10-8-19(24-25-22)16-3-5-17(23)6-4-16/h3-10,15H,11-14H2,1-2H3. The molecular weight excluding hydrogens is 452 g/mol. The number of hydrogen-bond donors (Lipinski definition) is 0. The van der Waals surface area contributed by atoms with Crippen LogP contribution < -0.4 is 14.4 Å². The van der Waals surface area contributed by atoms with Crippen LogP contribution in [0.1, 0.15) is 0 Å². The molecule has 0 saturated carbocycles. The molecule has 1 fully saturated rings. The zero-order chi connectivity index (χ0) is 22.7. The lowest BCUT2D eigenvalue weighted by atomic mass is 10.1. The van der Waals surface area contributed by atoms with Crippen molar-refractivity contribution in [3.8, 4) is 22.8 Å². The number of anilines is 1. The van der Waals surface area contributed by atoms with Crippen molar-refractivity contribution in [2.75, 3.05) is 45.3 Å². The Hall–Kier alpha value is -2.88. The zero-order valence-electron chi connectivity index (χ0n) is 17.7. The van der Waals surface area contributed by atoms with Crippen molar-refractivity contribution in [2.24, 2.45) is 0 Å². The van der Waals surface area contributed by atoms with E-state index in [2.05, 4.69) is 10.2 Å². The van der Waals surface area contributed by atoms with Crippen LogP contribution in [0, 0.1) is 0 Å². The van der Waals surface area contributed by atoms with Crippen molar-refractivity contribution in [3.63, 3.8) is 0 Å². The van der Waals surface area contributed by atoms with Crippen LogP contribution in [0.25, 0.3) is 11.3 Å². The van der Waals surface area contributed by atoms with Crippen LogP contribution in [0.15, 0.2) is 59.5 Å². The maximum absolute atomic E-state index is 13.2. The van der Waals surface area contributed by atoms with Gasteiger partial charge in [0.05, 0.1) is 19.9 Å². The van der Waals surface area contributed by atoms with Crippen molar-refractivity contribution < 1.29 is 17.9 Å². The second-order valence-corrected chi connectivity index (χ2v) is 9.53. The van der Waals surface area contributed by atoms with Gasteiger partial charge in [0.2, 0.25) is 10.0 Å². The predicted octanol–water partition coefficient (Wildman–Crippen LogP) is 3.33. The zero-order valence-corrected chi connectivity index (χ0v) is 19.3. The predicted molar refractivity (Wildman–Crippen MR) is 123 cm³/mol. The maximum atomic E-state index is 13.2. The van der Waals surface area contributed by atoms with E-state index in [1.807, 2.05) is 41.3 Å². The van der Waals surface area contributed by atoms with Gasteiger partial charge in [0.25, 0.3) is 0 Å². The maximum Gasteiger partial charge on any atom is 0.247 e. The van der Waals surface area contributed by atoms with Crippen LogP contribution >= 0.6 is 11.6 Å². The highest BCUT2D eigenvalue weighted by atomic mass is 35.5. The largest absolute Gasteiger partial charge is 0.497 e. The van der Waals surface area contributed by atoms with Crippen LogP contribution in [0.4, 0.5) is 5.82 Å². The van der Waals surface area contributed by atoms with Crippen LogP contribution in [-0.4, -0.2) is 63.3 Å². The van der Waals surface area contributed by atoms with Crippen molar-refractivity contribution in [1.82, 2.24) is 14.5 Å². The van der Waals surface area contributed by atoms with Gasteiger partial charge in [0, 0.05) is 42.8 Å². The lowest BCUT2D eigenvalue weighted by molar-refractivity contribution is 0.370. The highest BCUT2D eigenvalue weighted by Crippen LogP contribution is 2.31. The van der Waals surface area contributed by atoms with Crippen LogP contribution in [0.2, 0.25) is 5.02 Å². The number of aromatic nitrogens is 2. The van der Waals surface area contributed by atoms with Gasteiger partial charge in [-0.3, -0.25) is 0 Å². The molecule has 2 heterocycles. The van der Waals surface area contributed by atoms with E-state index in [4.69, 9.17) is 21.1 Å². The Bertz CT molecular complexity index is 1180. The molecule has 1 saturated heterocycles. The third kappa shape index (κ3) is 4.50. The Morgan fingerprint density at radius 3 is 2.19 bits per heavy atom. The van der Waals surface area contributed by atoms with Crippen LogP contribution in [0.3, 0.4) is 0 Å². The third-order valence-electron chi connectivity index (χ3n) is 5.34. The Morgan fingerprint density at radius 2 is 1.59 bits per heavy atom. The average molecular weight is 475 g/mol. The molecule has 0 radical (unpaired) electrons. The van der Waals surface area contributed by atoms with Crippen molar-refractivity contribution in [2.45, 2.75) is 4.90 Å². The molecule has 4 rings (SSSR count). The topological polar surface area (TPSA) is 84.9 Å². The molecule has 1 aliphatic heterocycles. The molecule has 3 aromatic rings. The molecular formula is C22H23ClN4O4S. The van der Waals surface area contributed by atoms with Crippen molar-refractivity contribution >= 4 is 27.4 Å². The minimum atomic E-state index is -3.73. The minimum Gasteiger partial charge on any atom is -0.497 e. The number of piperazine rings is 1. The number of benzene rings is 2. The molecule has 2 aromatic carbocycles. The summed E-state index contributed by atoms with van der Waals surface area (Å²) in [5.41, 5.74) is 1.67. The molecule has 0 N–H and O–H groups in total. The van der Waals surface area contributed by atoms with Crippen LogP contribution in [-0.2, 0) is 10.0 Å². The van der Waals surface area contributed by atoms with Gasteiger partial charge < -0.3 is 14.4 Å². The first-order valence-electron chi connectivity index (χ1n) is 9.99. The second-order valence-electron chi connectivity index (χ2n) is 7.19. The molecule has 0 amide bonds. The Morgan fingerprint density at radius 1 is 0.875 bits per heavy atom. The van der Waals surface area contributed by atoms with Gasteiger partial charge in [-0.2, -0.15) is 4.31 Å². The smallest absolute Gasteiger partial charge is 0.247 e. The summed E-state index contributed by atoms with van der Waals surface area (Å²) in [6.07, 6.45) is 0. The van der Waals surface area contributed by atoms with E-state index < -0.39 is 10.0 Å². The number of hydrogen-bond acceptors (Lipinski definition) is 7. The fourth-order valence-electron chi connectivity index (χ4n) is 3.55. The minimum absolute atomic E-state index is 0.0971. The monoisotopic (exact) mass is 474 g/mol. The number of rotatable bonds is 6. The summed E-state index contributed by atoms with van der Waals surface area (Å²) in [5, 5.41) is 9.31. The lowest BCUT2D eigenvalue weighted by Gasteiger charge is -2.34. The quantitative estimate of drug-likeness (QED) is 0.541. The van der Waals surface area contributed by atoms with E-state index in [1.165, 1.54) is 24.6 Å². The molecule has 0 aliphatic carbocycles. The fraction of sp³-hybridized carbons (Fsp3) is 0.273. The van der Waals surface area contributed by atoms with E-state index in [0.29, 0.717) is 42.8 Å². The van der Waals surface area contributed by atoms with Gasteiger partial charge in [-0.15, -0.1) is 10.2 Å². The third-order valence-corrected chi connectivity index (χ3v) is 7.51. The van der Waals surface area contributed by atoms with Crippen molar-refractivity contribution in [3.05, 3.63) is 59.6 Å². The van der Waals surface area contributed by atoms with E-state index >= 15 is 0 Å². The first kappa shape index (κ1) is 22.3.